The smallest absolute Gasteiger partial charge is 0.238 e. The lowest BCUT2D eigenvalue weighted by molar-refractivity contribution is -0.123. The van der Waals surface area contributed by atoms with Gasteiger partial charge in [0.25, 0.3) is 0 Å². The first-order chi connectivity index (χ1) is 10.1. The number of anilines is 1. The number of imide groups is 1. The maximum atomic E-state index is 14.0. The van der Waals surface area contributed by atoms with Gasteiger partial charge in [0.2, 0.25) is 11.8 Å². The van der Waals surface area contributed by atoms with Crippen LogP contribution in [0.5, 0.6) is 0 Å². The number of carbonyl (C=O) groups excluding carboxylic acids is 2. The number of allylic oxidation sites excluding steroid dienone is 2. The molecule has 0 N–H and O–H groups in total. The lowest BCUT2D eigenvalue weighted by Gasteiger charge is -2.21. The molecule has 4 heteroatoms. The van der Waals surface area contributed by atoms with Gasteiger partial charge in [-0.05, 0) is 42.2 Å². The van der Waals surface area contributed by atoms with Gasteiger partial charge in [0, 0.05) is 0 Å². The van der Waals surface area contributed by atoms with Gasteiger partial charge in [0.05, 0.1) is 17.5 Å². The maximum absolute atomic E-state index is 14.0. The topological polar surface area (TPSA) is 37.4 Å². The van der Waals surface area contributed by atoms with E-state index in [2.05, 4.69) is 12.2 Å². The number of nitrogens with zero attached hydrogens (tertiary/aromatic N) is 1. The van der Waals surface area contributed by atoms with Crippen LogP contribution in [0.1, 0.15) is 12.8 Å². The minimum Gasteiger partial charge on any atom is -0.274 e. The zero-order valence-corrected chi connectivity index (χ0v) is 11.3. The molecule has 1 saturated heterocycles. The molecule has 2 amide bonds. The van der Waals surface area contributed by atoms with Crippen molar-refractivity contribution in [1.29, 1.82) is 0 Å². The molecule has 1 heterocycles. The molecule has 4 aliphatic rings. The van der Waals surface area contributed by atoms with E-state index in [1.54, 1.807) is 12.1 Å². The molecule has 3 aliphatic carbocycles. The molecular weight excluding hydrogens is 269 g/mol. The normalized spacial score (nSPS) is 37.7. The first-order valence-electron chi connectivity index (χ1n) is 7.46. The van der Waals surface area contributed by atoms with Crippen molar-refractivity contribution in [2.75, 3.05) is 4.90 Å². The van der Waals surface area contributed by atoms with E-state index in [0.29, 0.717) is 0 Å². The summed E-state index contributed by atoms with van der Waals surface area (Å²) in [6.45, 7) is 0. The second kappa shape index (κ2) is 3.43. The van der Waals surface area contributed by atoms with E-state index < -0.39 is 5.82 Å². The Morgan fingerprint density at radius 3 is 2.10 bits per heavy atom. The van der Waals surface area contributed by atoms with Crippen LogP contribution in [0.25, 0.3) is 0 Å². The highest BCUT2D eigenvalue weighted by molar-refractivity contribution is 6.23. The molecule has 5 rings (SSSR count). The highest BCUT2D eigenvalue weighted by atomic mass is 19.1. The second-order valence-electron chi connectivity index (χ2n) is 6.68. The van der Waals surface area contributed by atoms with Gasteiger partial charge in [-0.1, -0.05) is 24.3 Å². The number of hydrogen-bond donors (Lipinski definition) is 0. The molecule has 21 heavy (non-hydrogen) atoms. The molecule has 0 unspecified atom stereocenters. The molecule has 3 fully saturated rings. The van der Waals surface area contributed by atoms with Crippen molar-refractivity contribution in [3.8, 4) is 0 Å². The Labute approximate surface area is 121 Å². The molecular formula is C17H14FNO2. The first kappa shape index (κ1) is 11.7. The quantitative estimate of drug-likeness (QED) is 0.586. The van der Waals surface area contributed by atoms with Crippen LogP contribution in [0.3, 0.4) is 0 Å². The predicted molar refractivity (Wildman–Crippen MR) is 73.7 cm³/mol. The Morgan fingerprint density at radius 2 is 1.57 bits per heavy atom. The summed E-state index contributed by atoms with van der Waals surface area (Å²) >= 11 is 0. The fraction of sp³-hybridized carbons (Fsp3) is 0.412. The summed E-state index contributed by atoms with van der Waals surface area (Å²) in [7, 11) is 0. The summed E-state index contributed by atoms with van der Waals surface area (Å²) in [5.74, 6) is -1.11. The minimum atomic E-state index is -0.513. The average Bonchev–Trinajstić information content (AvgIpc) is 3.07. The molecule has 2 saturated carbocycles. The van der Waals surface area contributed by atoms with E-state index in [9.17, 15) is 14.0 Å². The summed E-state index contributed by atoms with van der Waals surface area (Å²) in [6, 6.07) is 6.02. The Morgan fingerprint density at radius 1 is 1.00 bits per heavy atom. The lowest BCUT2D eigenvalue weighted by Crippen LogP contribution is -2.35. The van der Waals surface area contributed by atoms with E-state index in [1.165, 1.54) is 12.1 Å². The highest BCUT2D eigenvalue weighted by Crippen LogP contribution is 2.73. The zero-order valence-electron chi connectivity index (χ0n) is 11.3. The molecule has 4 atom stereocenters. The highest BCUT2D eigenvalue weighted by Gasteiger charge is 2.73. The maximum Gasteiger partial charge on any atom is 0.238 e. The monoisotopic (exact) mass is 283 g/mol. The van der Waals surface area contributed by atoms with Gasteiger partial charge >= 0.3 is 0 Å². The van der Waals surface area contributed by atoms with Crippen molar-refractivity contribution >= 4 is 17.5 Å². The van der Waals surface area contributed by atoms with Gasteiger partial charge in [-0.3, -0.25) is 9.59 Å². The number of benzene rings is 1. The van der Waals surface area contributed by atoms with Gasteiger partial charge in [-0.2, -0.15) is 0 Å². The third-order valence-corrected chi connectivity index (χ3v) is 5.95. The first-order valence-corrected chi connectivity index (χ1v) is 7.46. The Bertz CT molecular complexity index is 687. The van der Waals surface area contributed by atoms with Gasteiger partial charge in [0.15, 0.2) is 0 Å². The van der Waals surface area contributed by atoms with Crippen LogP contribution in [0, 0.1) is 34.9 Å². The number of para-hydroxylation sites is 1. The molecule has 1 spiro atoms. The average molecular weight is 283 g/mol. The summed E-state index contributed by atoms with van der Waals surface area (Å²) in [4.78, 5) is 26.6. The van der Waals surface area contributed by atoms with Crippen LogP contribution in [0.15, 0.2) is 36.4 Å². The van der Waals surface area contributed by atoms with Gasteiger partial charge in [-0.15, -0.1) is 0 Å². The molecule has 2 bridgehead atoms. The van der Waals surface area contributed by atoms with Crippen molar-refractivity contribution in [3.05, 3.63) is 42.2 Å². The van der Waals surface area contributed by atoms with Crippen molar-refractivity contribution in [3.63, 3.8) is 0 Å². The predicted octanol–water partition coefficient (Wildman–Crippen LogP) is 2.53. The molecule has 1 aliphatic heterocycles. The molecule has 1 aromatic rings. The standard InChI is InChI=1S/C17H14FNO2/c18-11-3-1-2-4-12(11)19-15(20)13-9-5-6-10(14(13)16(19)21)17(9)7-8-17/h1-6,9-10,13-14H,7-8H2/t9-,10-,13+,14+/m1/s1. The second-order valence-corrected chi connectivity index (χ2v) is 6.68. The summed E-state index contributed by atoms with van der Waals surface area (Å²) in [5, 5.41) is 0. The van der Waals surface area contributed by atoms with Crippen molar-refractivity contribution in [2.45, 2.75) is 12.8 Å². The number of hydrogen-bond acceptors (Lipinski definition) is 2. The van der Waals surface area contributed by atoms with Crippen LogP contribution in [-0.2, 0) is 9.59 Å². The van der Waals surface area contributed by atoms with Crippen molar-refractivity contribution < 1.29 is 14.0 Å². The van der Waals surface area contributed by atoms with Crippen LogP contribution < -0.4 is 4.90 Å². The van der Waals surface area contributed by atoms with E-state index >= 15 is 0 Å². The number of amides is 2. The number of halogens is 1. The lowest BCUT2D eigenvalue weighted by atomic mass is 9.85. The molecule has 0 aromatic heterocycles. The number of fused-ring (bicyclic) bond motifs is 3. The molecule has 106 valence electrons. The van der Waals surface area contributed by atoms with Crippen molar-refractivity contribution in [2.24, 2.45) is 29.1 Å². The molecule has 0 radical (unpaired) electrons. The van der Waals surface area contributed by atoms with Gasteiger partial charge in [-0.25, -0.2) is 9.29 Å². The fourth-order valence-electron chi connectivity index (χ4n) is 4.95. The van der Waals surface area contributed by atoms with Crippen LogP contribution >= 0.6 is 0 Å². The largest absolute Gasteiger partial charge is 0.274 e. The SMILES string of the molecule is O=C1[C@@H]2[C@@H](C(=O)N1c1ccccc1F)[C@H]1C=C[C@H]2C12CC2. The van der Waals surface area contributed by atoms with E-state index in [1.807, 2.05) is 0 Å². The third kappa shape index (κ3) is 1.17. The molecule has 3 nitrogen and oxygen atoms in total. The zero-order chi connectivity index (χ0) is 14.4. The fourth-order valence-corrected chi connectivity index (χ4v) is 4.95. The minimum absolute atomic E-state index is 0.103. The number of carbonyl (C=O) groups is 2. The van der Waals surface area contributed by atoms with E-state index in [0.717, 1.165) is 17.7 Å². The molecule has 1 aromatic carbocycles. The van der Waals surface area contributed by atoms with Gasteiger partial charge < -0.3 is 0 Å². The van der Waals surface area contributed by atoms with E-state index in [4.69, 9.17) is 0 Å². The third-order valence-electron chi connectivity index (χ3n) is 5.95. The van der Waals surface area contributed by atoms with Gasteiger partial charge in [0.1, 0.15) is 5.82 Å². The summed E-state index contributed by atoms with van der Waals surface area (Å²) < 4.78 is 14.0. The van der Waals surface area contributed by atoms with Crippen molar-refractivity contribution in [1.82, 2.24) is 0 Å². The number of rotatable bonds is 1. The van der Waals surface area contributed by atoms with Crippen LogP contribution in [0.4, 0.5) is 10.1 Å². The summed E-state index contributed by atoms with van der Waals surface area (Å²) in [5.41, 5.74) is 0.285. The Hall–Kier alpha value is -1.97. The van der Waals surface area contributed by atoms with Crippen LogP contribution in [0.2, 0.25) is 0 Å². The Balaban J connectivity index is 1.61. The Kier molecular flexibility index (Phi) is 1.91. The van der Waals surface area contributed by atoms with Crippen LogP contribution in [-0.4, -0.2) is 11.8 Å². The van der Waals surface area contributed by atoms with E-state index in [-0.39, 0.29) is 46.6 Å². The summed E-state index contributed by atoms with van der Waals surface area (Å²) in [6.07, 6.45) is 6.47.